The highest BCUT2D eigenvalue weighted by atomic mass is 35.5. The molecule has 0 unspecified atom stereocenters. The third kappa shape index (κ3) is 9.57. The molecule has 0 saturated heterocycles. The van der Waals surface area contributed by atoms with Crippen LogP contribution in [0.3, 0.4) is 0 Å². The number of hydrogen-bond acceptors (Lipinski definition) is 8. The molecule has 0 fully saturated rings. The monoisotopic (exact) mass is 752 g/mol. The predicted molar refractivity (Wildman–Crippen MR) is 187 cm³/mol. The van der Waals surface area contributed by atoms with Gasteiger partial charge in [-0.1, -0.05) is 89.9 Å². The van der Waals surface area contributed by atoms with Crippen LogP contribution in [0, 0.1) is 0 Å². The zero-order valence-electron chi connectivity index (χ0n) is 25.6. The molecule has 0 radical (unpaired) electrons. The van der Waals surface area contributed by atoms with Gasteiger partial charge in [0.05, 0.1) is 15.6 Å². The van der Waals surface area contributed by atoms with Crippen LogP contribution in [-0.4, -0.2) is 45.3 Å². The molecule has 0 aliphatic carbocycles. The van der Waals surface area contributed by atoms with Crippen LogP contribution >= 0.6 is 23.2 Å². The Bertz CT molecular complexity index is 2330. The van der Waals surface area contributed by atoms with Crippen LogP contribution in [0.2, 0.25) is 10.0 Å². The SMILES string of the molecule is NS(=O)(=O)c1cc(C(=O)c2ccc(C(=O)Cc3ccccc3)cc2)ccc1Cl.NS(=O)(=O)c1cc(C(=O)c2ccc(C(=O)O)cc2)ccc1Cl. The van der Waals surface area contributed by atoms with Gasteiger partial charge in [-0.25, -0.2) is 31.9 Å². The van der Waals surface area contributed by atoms with E-state index in [2.05, 4.69) is 0 Å². The highest BCUT2D eigenvalue weighted by Gasteiger charge is 2.19. The Balaban J connectivity index is 0.000000232. The van der Waals surface area contributed by atoms with E-state index in [-0.39, 0.29) is 54.3 Å². The highest BCUT2D eigenvalue weighted by Crippen LogP contribution is 2.24. The summed E-state index contributed by atoms with van der Waals surface area (Å²) < 4.78 is 46.0. The second-order valence-corrected chi connectivity index (χ2v) is 14.5. The number of carbonyl (C=O) groups excluding carboxylic acids is 3. The van der Waals surface area contributed by atoms with Crippen LogP contribution in [0.4, 0.5) is 0 Å². The summed E-state index contributed by atoms with van der Waals surface area (Å²) in [5.74, 6) is -2.04. The highest BCUT2D eigenvalue weighted by molar-refractivity contribution is 7.89. The van der Waals surface area contributed by atoms with Gasteiger partial charge in [0.25, 0.3) is 0 Å². The fraction of sp³-hybridized carbons (Fsp3) is 0.0286. The van der Waals surface area contributed by atoms with E-state index in [1.54, 1.807) is 12.1 Å². The van der Waals surface area contributed by atoms with E-state index in [4.69, 9.17) is 38.6 Å². The van der Waals surface area contributed by atoms with Crippen LogP contribution in [0.15, 0.2) is 125 Å². The largest absolute Gasteiger partial charge is 0.478 e. The number of nitrogens with two attached hydrogens (primary N) is 2. The number of aromatic carboxylic acids is 1. The number of sulfonamides is 2. The number of rotatable bonds is 10. The minimum atomic E-state index is -4.05. The normalized spacial score (nSPS) is 11.2. The van der Waals surface area contributed by atoms with Crippen molar-refractivity contribution in [3.8, 4) is 0 Å². The van der Waals surface area contributed by atoms with Crippen molar-refractivity contribution < 1.29 is 41.1 Å². The summed E-state index contributed by atoms with van der Waals surface area (Å²) in [6.45, 7) is 0. The molecule has 11 nitrogen and oxygen atoms in total. The lowest BCUT2D eigenvalue weighted by atomic mass is 9.99. The molecule has 5 aromatic carbocycles. The molecule has 0 aromatic heterocycles. The maximum atomic E-state index is 12.6. The van der Waals surface area contributed by atoms with E-state index < -0.39 is 37.6 Å². The lowest BCUT2D eigenvalue weighted by molar-refractivity contribution is 0.0696. The van der Waals surface area contributed by atoms with Crippen LogP contribution in [0.1, 0.15) is 58.1 Å². The van der Waals surface area contributed by atoms with E-state index in [1.807, 2.05) is 30.3 Å². The maximum absolute atomic E-state index is 12.6. The van der Waals surface area contributed by atoms with Crippen molar-refractivity contribution in [2.24, 2.45) is 10.3 Å². The van der Waals surface area contributed by atoms with Gasteiger partial charge < -0.3 is 5.11 Å². The van der Waals surface area contributed by atoms with Gasteiger partial charge in [-0.05, 0) is 54.1 Å². The van der Waals surface area contributed by atoms with Crippen molar-refractivity contribution in [2.75, 3.05) is 0 Å². The van der Waals surface area contributed by atoms with Crippen LogP contribution in [0.25, 0.3) is 0 Å². The minimum Gasteiger partial charge on any atom is -0.478 e. The first-order valence-electron chi connectivity index (χ1n) is 14.2. The Labute approximate surface area is 297 Å². The molecule has 0 bridgehead atoms. The summed E-state index contributed by atoms with van der Waals surface area (Å²) in [6.07, 6.45) is 0.267. The average Bonchev–Trinajstić information content (AvgIpc) is 3.08. The topological polar surface area (TPSA) is 209 Å². The van der Waals surface area contributed by atoms with Crippen molar-refractivity contribution in [3.63, 3.8) is 0 Å². The van der Waals surface area contributed by atoms with Crippen molar-refractivity contribution >= 4 is 66.6 Å². The molecule has 5 rings (SSSR count). The third-order valence-electron chi connectivity index (χ3n) is 7.07. The second kappa shape index (κ2) is 15.7. The lowest BCUT2D eigenvalue weighted by Gasteiger charge is -2.07. The fourth-order valence-corrected chi connectivity index (χ4v) is 6.66. The summed E-state index contributed by atoms with van der Waals surface area (Å²) in [5, 5.41) is 18.8. The third-order valence-corrected chi connectivity index (χ3v) is 9.86. The average molecular weight is 754 g/mol. The van der Waals surface area contributed by atoms with Crippen LogP contribution in [-0.2, 0) is 26.5 Å². The second-order valence-electron chi connectivity index (χ2n) is 10.6. The summed E-state index contributed by atoms with van der Waals surface area (Å²) in [6, 6.07) is 28.4. The number of carboxylic acids is 1. The summed E-state index contributed by atoms with van der Waals surface area (Å²) >= 11 is 11.6. The molecule has 15 heteroatoms. The summed E-state index contributed by atoms with van der Waals surface area (Å²) in [5.41, 5.74) is 2.18. The number of halogens is 2. The maximum Gasteiger partial charge on any atom is 0.335 e. The number of carbonyl (C=O) groups is 4. The van der Waals surface area contributed by atoms with Gasteiger partial charge in [0.15, 0.2) is 17.3 Å². The predicted octanol–water partition coefficient (Wildman–Crippen LogP) is 5.56. The Kier molecular flexibility index (Phi) is 11.9. The first-order chi connectivity index (χ1) is 23.5. The van der Waals surface area contributed by atoms with Gasteiger partial charge in [-0.2, -0.15) is 0 Å². The number of carboxylic acid groups (broad SMARTS) is 1. The molecule has 256 valence electrons. The summed E-state index contributed by atoms with van der Waals surface area (Å²) in [7, 11) is -8.10. The van der Waals surface area contributed by atoms with Gasteiger partial charge in [0.1, 0.15) is 9.79 Å². The molecule has 0 saturated carbocycles. The van der Waals surface area contributed by atoms with E-state index in [0.717, 1.165) is 17.7 Å². The van der Waals surface area contributed by atoms with Crippen molar-refractivity contribution in [1.29, 1.82) is 0 Å². The van der Waals surface area contributed by atoms with Gasteiger partial charge in [-0.15, -0.1) is 0 Å². The molecule has 50 heavy (non-hydrogen) atoms. The number of primary sulfonamides is 2. The van der Waals surface area contributed by atoms with Gasteiger partial charge in [-0.3, -0.25) is 14.4 Å². The number of ketones is 3. The summed E-state index contributed by atoms with van der Waals surface area (Å²) in [4.78, 5) is 47.4. The zero-order valence-corrected chi connectivity index (χ0v) is 28.8. The molecule has 0 atom stereocenters. The van der Waals surface area contributed by atoms with E-state index in [9.17, 15) is 36.0 Å². The van der Waals surface area contributed by atoms with Gasteiger partial charge in [0, 0.05) is 34.2 Å². The first-order valence-corrected chi connectivity index (χ1v) is 18.0. The molecular weight excluding hydrogens is 727 g/mol. The van der Waals surface area contributed by atoms with Crippen LogP contribution in [0.5, 0.6) is 0 Å². The smallest absolute Gasteiger partial charge is 0.335 e. The van der Waals surface area contributed by atoms with Crippen molar-refractivity contribution in [2.45, 2.75) is 16.2 Å². The first kappa shape index (κ1) is 37.8. The van der Waals surface area contributed by atoms with E-state index in [0.29, 0.717) is 11.1 Å². The molecule has 5 aromatic rings. The Hall–Kier alpha value is -5.02. The van der Waals surface area contributed by atoms with Crippen molar-refractivity contribution in [3.05, 3.63) is 164 Å². The van der Waals surface area contributed by atoms with E-state index in [1.165, 1.54) is 60.7 Å². The van der Waals surface area contributed by atoms with Gasteiger partial charge >= 0.3 is 5.97 Å². The number of benzene rings is 5. The Morgan fingerprint density at radius 3 is 1.26 bits per heavy atom. The standard InChI is InChI=1S/C21H16ClNO4S.C14H10ClNO5S/c22-18-11-10-17(13-20(18)28(23,26)27)21(25)16-8-6-15(7-9-16)19(24)12-14-4-2-1-3-5-14;15-11-6-5-10(7-12(11)22(16,20)21)13(17)8-1-3-9(4-2-8)14(18)19/h1-11,13H,12H2,(H2,23,26,27);1-7H,(H,18,19)(H2,16,20,21). The molecule has 0 heterocycles. The Morgan fingerprint density at radius 2 is 0.880 bits per heavy atom. The quantitative estimate of drug-likeness (QED) is 0.152. The Morgan fingerprint density at radius 1 is 0.520 bits per heavy atom. The molecule has 0 aliphatic rings. The van der Waals surface area contributed by atoms with Crippen molar-refractivity contribution in [1.82, 2.24) is 0 Å². The van der Waals surface area contributed by atoms with Crippen LogP contribution < -0.4 is 10.3 Å². The molecular formula is C35H26Cl2N2O9S2. The fourth-order valence-electron chi connectivity index (χ4n) is 4.51. The molecule has 0 spiro atoms. The molecule has 0 aliphatic heterocycles. The number of Topliss-reactive ketones (excluding diaryl/α,β-unsaturated/α-hetero) is 1. The minimum absolute atomic E-state index is 0.0397. The molecule has 5 N–H and O–H groups in total. The van der Waals surface area contributed by atoms with Gasteiger partial charge in [0.2, 0.25) is 20.0 Å². The zero-order chi connectivity index (χ0) is 36.8. The van der Waals surface area contributed by atoms with E-state index >= 15 is 0 Å². The lowest BCUT2D eigenvalue weighted by Crippen LogP contribution is -2.14. The number of hydrogen-bond donors (Lipinski definition) is 3. The molecule has 0 amide bonds.